The maximum absolute atomic E-state index is 15.0. The summed E-state index contributed by atoms with van der Waals surface area (Å²) in [4.78, 5) is 102. The van der Waals surface area contributed by atoms with E-state index >= 15 is 0 Å². The maximum atomic E-state index is 15.0. The van der Waals surface area contributed by atoms with Gasteiger partial charge < -0.3 is 63.9 Å². The van der Waals surface area contributed by atoms with Crippen LogP contribution in [-0.2, 0) is 62.6 Å². The lowest BCUT2D eigenvalue weighted by molar-refractivity contribution is -0.160. The summed E-state index contributed by atoms with van der Waals surface area (Å²) in [7, 11) is 0. The molecule has 1 aliphatic rings. The Morgan fingerprint density at radius 1 is 0.500 bits per heavy atom. The highest BCUT2D eigenvalue weighted by Gasteiger charge is 2.35. The van der Waals surface area contributed by atoms with Gasteiger partial charge in [0.15, 0.2) is 29.6 Å². The van der Waals surface area contributed by atoms with E-state index in [0.717, 1.165) is 16.7 Å². The second-order valence-electron chi connectivity index (χ2n) is 19.4. The Labute approximate surface area is 496 Å². The van der Waals surface area contributed by atoms with Crippen LogP contribution < -0.4 is 35.5 Å². The van der Waals surface area contributed by atoms with Gasteiger partial charge in [0.05, 0.1) is 45.2 Å². The lowest BCUT2D eigenvalue weighted by Gasteiger charge is -2.25. The van der Waals surface area contributed by atoms with Crippen molar-refractivity contribution in [3.63, 3.8) is 0 Å². The molecule has 0 unspecified atom stereocenters. The van der Waals surface area contributed by atoms with Crippen LogP contribution in [-0.4, -0.2) is 132 Å². The smallest absolute Gasteiger partial charge is 0.332 e. The number of rotatable bonds is 28. The third kappa shape index (κ3) is 19.4. The number of esters is 3. The molecule has 23 heteroatoms. The van der Waals surface area contributed by atoms with Crippen LogP contribution in [0.4, 0.5) is 0 Å². The summed E-state index contributed by atoms with van der Waals surface area (Å²) in [6.45, 7) is 4.31. The van der Waals surface area contributed by atoms with Crippen LogP contribution in [0.15, 0.2) is 145 Å². The van der Waals surface area contributed by atoms with E-state index in [1.54, 1.807) is 75.4 Å². The first-order valence-electron chi connectivity index (χ1n) is 27.6. The molecule has 7 rings (SSSR count). The predicted molar refractivity (Wildman–Crippen MR) is 311 cm³/mol. The summed E-state index contributed by atoms with van der Waals surface area (Å²) in [5.41, 5.74) is 12.5. The number of benzene rings is 6. The molecule has 0 aromatic heterocycles. The van der Waals surface area contributed by atoms with E-state index in [9.17, 15) is 33.6 Å². The fourth-order valence-electron chi connectivity index (χ4n) is 8.42. The third-order valence-corrected chi connectivity index (χ3v) is 13.3. The summed E-state index contributed by atoms with van der Waals surface area (Å²) >= 11 is 0. The molecule has 1 fully saturated rings. The van der Waals surface area contributed by atoms with E-state index in [-0.39, 0.29) is 99.7 Å². The van der Waals surface area contributed by atoms with Gasteiger partial charge in [-0.15, -0.1) is 0 Å². The van der Waals surface area contributed by atoms with Crippen molar-refractivity contribution in [2.24, 2.45) is 5.11 Å². The minimum Gasteiger partial charge on any atom is -0.489 e. The fourth-order valence-corrected chi connectivity index (χ4v) is 8.42. The number of carbonyl (C=O) groups excluding carboxylic acids is 7. The third-order valence-electron chi connectivity index (χ3n) is 13.3. The van der Waals surface area contributed by atoms with Gasteiger partial charge in [0, 0.05) is 40.3 Å². The Morgan fingerprint density at radius 2 is 0.942 bits per heavy atom. The number of cyclic esters (lactones) is 3. The molecule has 6 aromatic carbocycles. The summed E-state index contributed by atoms with van der Waals surface area (Å²) in [6.07, 6.45) is 0. The number of nitrogens with zero attached hydrogens (tertiary/aromatic N) is 3. The van der Waals surface area contributed by atoms with Crippen LogP contribution in [0.1, 0.15) is 74.8 Å². The number of nitrogens with one attached hydrogen (secondary N) is 4. The van der Waals surface area contributed by atoms with Gasteiger partial charge >= 0.3 is 17.9 Å². The second-order valence-corrected chi connectivity index (χ2v) is 19.4. The SMILES string of the molecule is Cc1cccc(C(=O)N[C@H]2COC(=O)[C@@H](NC(=O)c3cc(C(=O)NCCOCCOCCOCCN=[N+]=[N-])cc(OCc4ccccc4)c3OCc3ccccc3)COC(=O)[C@@H](NC(=O)c3cccc(OCc4ccccc4)c3C)COC2=O)c1C. The molecule has 6 aromatic rings. The highest BCUT2D eigenvalue weighted by Crippen LogP contribution is 2.35. The van der Waals surface area contributed by atoms with Crippen molar-refractivity contribution < 1.29 is 76.2 Å². The van der Waals surface area contributed by atoms with E-state index in [0.29, 0.717) is 29.0 Å². The van der Waals surface area contributed by atoms with Crippen molar-refractivity contribution in [1.29, 1.82) is 0 Å². The van der Waals surface area contributed by atoms with E-state index in [1.807, 2.05) is 66.7 Å². The second kappa shape index (κ2) is 33.5. The molecule has 0 bridgehead atoms. The van der Waals surface area contributed by atoms with Gasteiger partial charge in [0.1, 0.15) is 45.4 Å². The van der Waals surface area contributed by atoms with Gasteiger partial charge in [-0.3, -0.25) is 19.2 Å². The molecule has 0 radical (unpaired) electrons. The highest BCUT2D eigenvalue weighted by molar-refractivity contribution is 6.04. The average molecular weight is 1180 g/mol. The molecule has 86 heavy (non-hydrogen) atoms. The molecule has 3 atom stereocenters. The fraction of sp³-hybridized carbons (Fsp3) is 0.317. The molecule has 0 spiro atoms. The van der Waals surface area contributed by atoms with E-state index in [1.165, 1.54) is 18.2 Å². The Morgan fingerprint density at radius 3 is 1.45 bits per heavy atom. The molecule has 23 nitrogen and oxygen atoms in total. The summed E-state index contributed by atoms with van der Waals surface area (Å²) in [6, 6.07) is 34.6. The first-order valence-corrected chi connectivity index (χ1v) is 27.6. The van der Waals surface area contributed by atoms with Crippen molar-refractivity contribution in [1.82, 2.24) is 21.3 Å². The van der Waals surface area contributed by atoms with Crippen LogP contribution >= 0.6 is 0 Å². The zero-order valence-electron chi connectivity index (χ0n) is 47.8. The summed E-state index contributed by atoms with van der Waals surface area (Å²) in [5, 5.41) is 13.9. The van der Waals surface area contributed by atoms with Gasteiger partial charge in [-0.25, -0.2) is 14.4 Å². The minimum absolute atomic E-state index is 0.0326. The van der Waals surface area contributed by atoms with Crippen molar-refractivity contribution in [2.45, 2.75) is 58.7 Å². The van der Waals surface area contributed by atoms with Gasteiger partial charge in [-0.1, -0.05) is 114 Å². The number of ether oxygens (including phenoxy) is 9. The molecule has 1 aliphatic heterocycles. The largest absolute Gasteiger partial charge is 0.489 e. The first kappa shape index (κ1) is 63.8. The van der Waals surface area contributed by atoms with Crippen LogP contribution in [0.25, 0.3) is 10.4 Å². The maximum Gasteiger partial charge on any atom is 0.332 e. The topological polar surface area (TPSA) is 299 Å². The van der Waals surface area contributed by atoms with Gasteiger partial charge in [0.2, 0.25) is 0 Å². The van der Waals surface area contributed by atoms with Crippen LogP contribution in [0.2, 0.25) is 0 Å². The normalized spacial score (nSPS) is 15.2. The van der Waals surface area contributed by atoms with Gasteiger partial charge in [-0.05, 0) is 84.5 Å². The zero-order chi connectivity index (χ0) is 61.0. The molecule has 0 aliphatic carbocycles. The Kier molecular flexibility index (Phi) is 24.8. The monoisotopic (exact) mass is 1180 g/mol. The zero-order valence-corrected chi connectivity index (χ0v) is 47.8. The standard InChI is InChI=1S/C63H67N7O16/c1-41-15-13-22-48(42(41)2)58(72)67-51-38-85-63(77)53(40-86-62(76)52(39-84-61(51)75)68-59(73)49-23-14-24-54(43(49)3)81-35-44-16-7-4-8-17-44)69-60(74)50-33-47(57(71)65-25-27-78-29-31-80-32-30-79-28-26-66-70-64)34-55(82-36-45-18-9-5-10-19-45)56(50)83-37-46-20-11-6-12-21-46/h4-24,33-34,51-53H,25-32,35-40H2,1-3H3,(H,65,71)(H,67,72)(H,68,73)(H,69,74)/t51-,52-,53-/m0/s1. The molecule has 1 saturated heterocycles. The molecule has 0 saturated carbocycles. The molecule has 450 valence electrons. The molecular weight excluding hydrogens is 1110 g/mol. The number of hydrogen-bond acceptors (Lipinski definition) is 17. The van der Waals surface area contributed by atoms with Crippen molar-refractivity contribution in [2.75, 3.05) is 72.6 Å². The number of carbonyl (C=O) groups is 7. The minimum atomic E-state index is -1.85. The lowest BCUT2D eigenvalue weighted by Crippen LogP contribution is -2.53. The van der Waals surface area contributed by atoms with Gasteiger partial charge in [-0.2, -0.15) is 0 Å². The molecule has 1 heterocycles. The number of aryl methyl sites for hydroxylation is 1. The van der Waals surface area contributed by atoms with Crippen LogP contribution in [0.3, 0.4) is 0 Å². The molecular formula is C63H67N7O16. The van der Waals surface area contributed by atoms with Crippen molar-refractivity contribution in [3.05, 3.63) is 206 Å². The van der Waals surface area contributed by atoms with Crippen LogP contribution in [0.5, 0.6) is 17.2 Å². The number of hydrogen-bond donors (Lipinski definition) is 4. The van der Waals surface area contributed by atoms with Gasteiger partial charge in [0.25, 0.3) is 23.6 Å². The van der Waals surface area contributed by atoms with Crippen molar-refractivity contribution >= 4 is 41.5 Å². The predicted octanol–water partition coefficient (Wildman–Crippen LogP) is 6.78. The van der Waals surface area contributed by atoms with Crippen molar-refractivity contribution in [3.8, 4) is 17.2 Å². The Balaban J connectivity index is 1.15. The molecule has 4 N–H and O–H groups in total. The van der Waals surface area contributed by atoms with Crippen LogP contribution in [0, 0.1) is 20.8 Å². The average Bonchev–Trinajstić information content (AvgIpc) is 1.77. The van der Waals surface area contributed by atoms with E-state index in [4.69, 9.17) is 48.2 Å². The molecule has 4 amide bonds. The number of azide groups is 1. The quantitative estimate of drug-likeness (QED) is 0.00983. The number of amides is 4. The summed E-state index contributed by atoms with van der Waals surface area (Å²) < 4.78 is 52.0. The van der Waals surface area contributed by atoms with E-state index in [2.05, 4.69) is 31.3 Å². The Bertz CT molecular complexity index is 3330. The Hall–Kier alpha value is -9.80. The summed E-state index contributed by atoms with van der Waals surface area (Å²) in [5.74, 6) is -6.52. The lowest BCUT2D eigenvalue weighted by atomic mass is 10.0. The first-order chi connectivity index (χ1) is 41.8. The highest BCUT2D eigenvalue weighted by atomic mass is 16.6. The van der Waals surface area contributed by atoms with E-state index < -0.39 is 79.5 Å².